The Morgan fingerprint density at radius 1 is 1.25 bits per heavy atom. The summed E-state index contributed by atoms with van der Waals surface area (Å²) in [5, 5.41) is 6.11. The predicted molar refractivity (Wildman–Crippen MR) is 92.3 cm³/mol. The fourth-order valence-electron chi connectivity index (χ4n) is 3.64. The molecule has 2 N–H and O–H groups in total. The van der Waals surface area contributed by atoms with Crippen molar-refractivity contribution in [3.05, 3.63) is 28.2 Å². The van der Waals surface area contributed by atoms with Crippen LogP contribution < -0.4 is 10.6 Å². The number of rotatable bonds is 3. The van der Waals surface area contributed by atoms with Crippen LogP contribution in [0.5, 0.6) is 0 Å². The molecule has 0 aliphatic carbocycles. The number of amides is 1. The summed E-state index contributed by atoms with van der Waals surface area (Å²) in [4.78, 5) is 12.1. The van der Waals surface area contributed by atoms with Crippen molar-refractivity contribution in [2.45, 2.75) is 50.4 Å². The van der Waals surface area contributed by atoms with E-state index in [1.807, 2.05) is 0 Å². The topological polar surface area (TPSA) is 41.1 Å². The Morgan fingerprint density at radius 3 is 2.46 bits per heavy atom. The molecule has 2 aliphatic rings. The number of fused-ring (bicyclic) bond motifs is 2. The van der Waals surface area contributed by atoms with Gasteiger partial charge in [-0.05, 0) is 49.8 Å². The molecule has 0 aromatic heterocycles. The average Bonchev–Trinajstić information content (AvgIpc) is 2.79. The van der Waals surface area contributed by atoms with Gasteiger partial charge in [-0.2, -0.15) is 13.2 Å². The van der Waals surface area contributed by atoms with Gasteiger partial charge in [0.25, 0.3) is 0 Å². The molecule has 3 rings (SSSR count). The van der Waals surface area contributed by atoms with Crippen LogP contribution in [0.1, 0.15) is 37.7 Å². The van der Waals surface area contributed by atoms with Gasteiger partial charge in [-0.3, -0.25) is 4.79 Å². The standard InChI is InChI=1S/C16H18BrF3N2O.ClH/c17-14-4-3-12(8-13(14)16(18,19)20)22-15(23)7-9-5-10-1-2-11(6-9)21-10;/h3-4,8-11,21H,1-2,5-7H2,(H,22,23);1H. The summed E-state index contributed by atoms with van der Waals surface area (Å²) in [5.74, 6) is 0.0954. The van der Waals surface area contributed by atoms with E-state index in [2.05, 4.69) is 26.6 Å². The van der Waals surface area contributed by atoms with Gasteiger partial charge in [-0.1, -0.05) is 15.9 Å². The van der Waals surface area contributed by atoms with E-state index in [4.69, 9.17) is 0 Å². The minimum Gasteiger partial charge on any atom is -0.326 e. The van der Waals surface area contributed by atoms with Gasteiger partial charge in [0.15, 0.2) is 0 Å². The lowest BCUT2D eigenvalue weighted by Gasteiger charge is -2.28. The first-order chi connectivity index (χ1) is 10.8. The van der Waals surface area contributed by atoms with Crippen molar-refractivity contribution in [3.63, 3.8) is 0 Å². The molecule has 2 fully saturated rings. The highest BCUT2D eigenvalue weighted by Gasteiger charge is 2.35. The number of hydrogen-bond acceptors (Lipinski definition) is 2. The summed E-state index contributed by atoms with van der Waals surface area (Å²) in [6.45, 7) is 0. The number of carbonyl (C=O) groups is 1. The number of benzene rings is 1. The highest BCUT2D eigenvalue weighted by atomic mass is 79.9. The molecule has 2 atom stereocenters. The zero-order valence-electron chi connectivity index (χ0n) is 12.8. The lowest BCUT2D eigenvalue weighted by molar-refractivity contribution is -0.138. The molecular weight excluding hydrogens is 409 g/mol. The molecule has 1 amide bonds. The third-order valence-electron chi connectivity index (χ3n) is 4.60. The van der Waals surface area contributed by atoms with Crippen LogP contribution in [0, 0.1) is 5.92 Å². The summed E-state index contributed by atoms with van der Waals surface area (Å²) in [6, 6.07) is 4.74. The molecule has 2 saturated heterocycles. The fourth-order valence-corrected chi connectivity index (χ4v) is 4.11. The lowest BCUT2D eigenvalue weighted by Crippen LogP contribution is -2.39. The predicted octanol–water partition coefficient (Wildman–Crippen LogP) is 4.75. The van der Waals surface area contributed by atoms with Gasteiger partial charge in [0.1, 0.15) is 0 Å². The van der Waals surface area contributed by atoms with Crippen molar-refractivity contribution in [3.8, 4) is 0 Å². The maximum absolute atomic E-state index is 12.9. The van der Waals surface area contributed by atoms with Gasteiger partial charge in [0.05, 0.1) is 5.56 Å². The third kappa shape index (κ3) is 4.64. The molecule has 2 bridgehead atoms. The molecular formula is C16H19BrClF3N2O. The van der Waals surface area contributed by atoms with E-state index in [9.17, 15) is 18.0 Å². The van der Waals surface area contributed by atoms with E-state index in [0.29, 0.717) is 24.4 Å². The Labute approximate surface area is 153 Å². The molecule has 2 aliphatic heterocycles. The number of anilines is 1. The summed E-state index contributed by atoms with van der Waals surface area (Å²) < 4.78 is 38.6. The summed E-state index contributed by atoms with van der Waals surface area (Å²) >= 11 is 2.89. The number of halogens is 5. The largest absolute Gasteiger partial charge is 0.417 e. The van der Waals surface area contributed by atoms with Gasteiger partial charge in [-0.15, -0.1) is 12.4 Å². The first kappa shape index (κ1) is 19.5. The normalized spacial score (nSPS) is 25.9. The molecule has 1 aromatic carbocycles. The zero-order valence-corrected chi connectivity index (χ0v) is 15.2. The van der Waals surface area contributed by atoms with Crippen molar-refractivity contribution >= 4 is 39.9 Å². The first-order valence-corrected chi connectivity index (χ1v) is 8.53. The maximum atomic E-state index is 12.9. The van der Waals surface area contributed by atoms with Crippen LogP contribution in [0.2, 0.25) is 0 Å². The summed E-state index contributed by atoms with van der Waals surface area (Å²) in [5.41, 5.74) is -0.599. The molecule has 0 saturated carbocycles. The molecule has 8 heteroatoms. The molecule has 0 radical (unpaired) electrons. The first-order valence-electron chi connectivity index (χ1n) is 7.74. The number of nitrogens with one attached hydrogen (secondary N) is 2. The van der Waals surface area contributed by atoms with E-state index >= 15 is 0 Å². The Balaban J connectivity index is 0.00000208. The van der Waals surface area contributed by atoms with Crippen molar-refractivity contribution in [2.24, 2.45) is 5.92 Å². The van der Waals surface area contributed by atoms with Gasteiger partial charge in [0.2, 0.25) is 5.91 Å². The number of carbonyl (C=O) groups excluding carboxylic acids is 1. The minimum atomic E-state index is -4.45. The van der Waals surface area contributed by atoms with Crippen molar-refractivity contribution < 1.29 is 18.0 Å². The Kier molecular flexibility index (Phi) is 6.20. The van der Waals surface area contributed by atoms with Gasteiger partial charge in [-0.25, -0.2) is 0 Å². The van der Waals surface area contributed by atoms with Gasteiger partial charge < -0.3 is 10.6 Å². The molecule has 24 heavy (non-hydrogen) atoms. The van der Waals surface area contributed by atoms with Crippen LogP contribution in [-0.4, -0.2) is 18.0 Å². The van der Waals surface area contributed by atoms with E-state index in [1.54, 1.807) is 0 Å². The van der Waals surface area contributed by atoms with E-state index in [1.165, 1.54) is 12.1 Å². The van der Waals surface area contributed by atoms with Crippen LogP contribution >= 0.6 is 28.3 Å². The lowest BCUT2D eigenvalue weighted by atomic mass is 9.89. The van der Waals surface area contributed by atoms with Crippen molar-refractivity contribution in [2.75, 3.05) is 5.32 Å². The van der Waals surface area contributed by atoms with Crippen LogP contribution in [-0.2, 0) is 11.0 Å². The molecule has 134 valence electrons. The van der Waals surface area contributed by atoms with Crippen LogP contribution in [0.3, 0.4) is 0 Å². The van der Waals surface area contributed by atoms with E-state index in [0.717, 1.165) is 31.7 Å². The molecule has 2 unspecified atom stereocenters. The Morgan fingerprint density at radius 2 is 1.88 bits per heavy atom. The molecule has 3 nitrogen and oxygen atoms in total. The number of piperidine rings is 1. The number of hydrogen-bond donors (Lipinski definition) is 2. The molecule has 0 spiro atoms. The van der Waals surface area contributed by atoms with Gasteiger partial charge >= 0.3 is 6.18 Å². The van der Waals surface area contributed by atoms with Crippen LogP contribution in [0.25, 0.3) is 0 Å². The Bertz CT molecular complexity index is 599. The zero-order chi connectivity index (χ0) is 16.6. The second kappa shape index (κ2) is 7.62. The average molecular weight is 428 g/mol. The summed E-state index contributed by atoms with van der Waals surface area (Å²) in [7, 11) is 0. The number of alkyl halides is 3. The quantitative estimate of drug-likeness (QED) is 0.731. The second-order valence-corrected chi connectivity index (χ2v) is 7.27. The SMILES string of the molecule is Cl.O=C(CC1CC2CCC(C1)N2)Nc1ccc(Br)c(C(F)(F)F)c1. The molecule has 2 heterocycles. The molecule has 1 aromatic rings. The minimum absolute atomic E-state index is 0. The summed E-state index contributed by atoms with van der Waals surface area (Å²) in [6.07, 6.45) is 0.172. The fraction of sp³-hybridized carbons (Fsp3) is 0.562. The van der Waals surface area contributed by atoms with Crippen LogP contribution in [0.15, 0.2) is 22.7 Å². The maximum Gasteiger partial charge on any atom is 0.417 e. The highest BCUT2D eigenvalue weighted by Crippen LogP contribution is 2.37. The monoisotopic (exact) mass is 426 g/mol. The second-order valence-electron chi connectivity index (χ2n) is 6.42. The van der Waals surface area contributed by atoms with E-state index in [-0.39, 0.29) is 28.5 Å². The van der Waals surface area contributed by atoms with Crippen molar-refractivity contribution in [1.82, 2.24) is 5.32 Å². The Hall–Kier alpha value is -0.790. The smallest absolute Gasteiger partial charge is 0.326 e. The highest BCUT2D eigenvalue weighted by molar-refractivity contribution is 9.10. The third-order valence-corrected chi connectivity index (χ3v) is 5.29. The van der Waals surface area contributed by atoms with Crippen molar-refractivity contribution in [1.29, 1.82) is 0 Å². The van der Waals surface area contributed by atoms with E-state index < -0.39 is 11.7 Å². The van der Waals surface area contributed by atoms with Crippen LogP contribution in [0.4, 0.5) is 18.9 Å². The van der Waals surface area contributed by atoms with Gasteiger partial charge in [0, 0.05) is 28.7 Å².